The molecule has 1 heterocycles. The summed E-state index contributed by atoms with van der Waals surface area (Å²) in [6.07, 6.45) is 1.91. The van der Waals surface area contributed by atoms with Crippen LogP contribution in [0.4, 0.5) is 11.4 Å². The molecule has 0 aliphatic carbocycles. The standard InChI is InChI=1S/C9H11N3/c1-11-8-4-6(10)5-9-7(8)2-3-12-9/h2-5,11-12H,10H2,1H3. The van der Waals surface area contributed by atoms with Crippen LogP contribution in [-0.4, -0.2) is 12.0 Å². The maximum atomic E-state index is 5.70. The molecule has 0 bridgehead atoms. The summed E-state index contributed by atoms with van der Waals surface area (Å²) < 4.78 is 0. The van der Waals surface area contributed by atoms with Gasteiger partial charge in [-0.25, -0.2) is 0 Å². The van der Waals surface area contributed by atoms with Gasteiger partial charge >= 0.3 is 0 Å². The van der Waals surface area contributed by atoms with E-state index >= 15 is 0 Å². The molecule has 1 aromatic carbocycles. The molecule has 3 nitrogen and oxygen atoms in total. The molecule has 62 valence electrons. The molecule has 0 aliphatic rings. The van der Waals surface area contributed by atoms with E-state index in [0.717, 1.165) is 16.9 Å². The molecule has 0 radical (unpaired) electrons. The smallest absolute Gasteiger partial charge is 0.0495 e. The fraction of sp³-hybridized carbons (Fsp3) is 0.111. The molecule has 0 saturated heterocycles. The molecule has 0 saturated carbocycles. The zero-order valence-electron chi connectivity index (χ0n) is 6.89. The van der Waals surface area contributed by atoms with Crippen LogP contribution in [0.1, 0.15) is 0 Å². The largest absolute Gasteiger partial charge is 0.399 e. The number of hydrogen-bond donors (Lipinski definition) is 3. The highest BCUT2D eigenvalue weighted by Crippen LogP contribution is 2.25. The molecule has 0 atom stereocenters. The highest BCUT2D eigenvalue weighted by molar-refractivity contribution is 5.94. The third kappa shape index (κ3) is 0.906. The Morgan fingerprint density at radius 3 is 3.00 bits per heavy atom. The lowest BCUT2D eigenvalue weighted by Crippen LogP contribution is -1.91. The van der Waals surface area contributed by atoms with E-state index < -0.39 is 0 Å². The van der Waals surface area contributed by atoms with Crippen LogP contribution >= 0.6 is 0 Å². The van der Waals surface area contributed by atoms with Crippen LogP contribution in [-0.2, 0) is 0 Å². The number of nitrogens with one attached hydrogen (secondary N) is 2. The van der Waals surface area contributed by atoms with E-state index in [1.54, 1.807) is 0 Å². The monoisotopic (exact) mass is 161 g/mol. The molecule has 12 heavy (non-hydrogen) atoms. The molecule has 3 heteroatoms. The third-order valence-electron chi connectivity index (χ3n) is 1.96. The molecular formula is C9H11N3. The van der Waals surface area contributed by atoms with Crippen LogP contribution in [0.2, 0.25) is 0 Å². The minimum absolute atomic E-state index is 0.773. The van der Waals surface area contributed by atoms with Gasteiger partial charge in [0.25, 0.3) is 0 Å². The Labute approximate surface area is 70.6 Å². The van der Waals surface area contributed by atoms with Crippen molar-refractivity contribution in [2.75, 3.05) is 18.1 Å². The maximum Gasteiger partial charge on any atom is 0.0495 e. The molecule has 0 spiro atoms. The lowest BCUT2D eigenvalue weighted by atomic mass is 10.2. The van der Waals surface area contributed by atoms with Gasteiger partial charge in [0.1, 0.15) is 0 Å². The molecule has 2 aromatic rings. The van der Waals surface area contributed by atoms with Crippen LogP contribution in [0.5, 0.6) is 0 Å². The van der Waals surface area contributed by atoms with Crippen molar-refractivity contribution in [3.8, 4) is 0 Å². The van der Waals surface area contributed by atoms with Crippen LogP contribution < -0.4 is 11.1 Å². The summed E-state index contributed by atoms with van der Waals surface area (Å²) in [6, 6.07) is 5.88. The second-order valence-corrected chi connectivity index (χ2v) is 2.76. The van der Waals surface area contributed by atoms with Gasteiger partial charge in [-0.1, -0.05) is 0 Å². The summed E-state index contributed by atoms with van der Waals surface area (Å²) in [6.45, 7) is 0. The number of rotatable bonds is 1. The quantitative estimate of drug-likeness (QED) is 0.558. The average molecular weight is 161 g/mol. The Bertz CT molecular complexity index is 403. The number of nitrogen functional groups attached to an aromatic ring is 1. The Hall–Kier alpha value is -1.64. The Balaban J connectivity index is 2.80. The zero-order chi connectivity index (χ0) is 8.55. The van der Waals surface area contributed by atoms with Crippen molar-refractivity contribution in [3.63, 3.8) is 0 Å². The van der Waals surface area contributed by atoms with Crippen molar-refractivity contribution >= 4 is 22.3 Å². The van der Waals surface area contributed by atoms with Gasteiger partial charge in [0.05, 0.1) is 0 Å². The minimum Gasteiger partial charge on any atom is -0.399 e. The van der Waals surface area contributed by atoms with Gasteiger partial charge < -0.3 is 16.0 Å². The molecule has 4 N–H and O–H groups in total. The minimum atomic E-state index is 0.773. The predicted molar refractivity (Wildman–Crippen MR) is 52.3 cm³/mol. The van der Waals surface area contributed by atoms with Crippen molar-refractivity contribution in [1.82, 2.24) is 4.98 Å². The Kier molecular flexibility index (Phi) is 1.43. The number of aromatic amines is 1. The van der Waals surface area contributed by atoms with Crippen molar-refractivity contribution in [1.29, 1.82) is 0 Å². The first kappa shape index (κ1) is 7.03. The van der Waals surface area contributed by atoms with Crippen molar-refractivity contribution in [3.05, 3.63) is 24.4 Å². The number of fused-ring (bicyclic) bond motifs is 1. The van der Waals surface area contributed by atoms with Gasteiger partial charge in [0.15, 0.2) is 0 Å². The first-order chi connectivity index (χ1) is 5.81. The maximum absolute atomic E-state index is 5.70. The molecule has 0 fully saturated rings. The SMILES string of the molecule is CNc1cc(N)cc2[nH]ccc12. The lowest BCUT2D eigenvalue weighted by Gasteiger charge is -2.03. The van der Waals surface area contributed by atoms with Crippen LogP contribution in [0, 0.1) is 0 Å². The summed E-state index contributed by atoms with van der Waals surface area (Å²) in [4.78, 5) is 3.12. The van der Waals surface area contributed by atoms with Gasteiger partial charge in [-0.3, -0.25) is 0 Å². The summed E-state index contributed by atoms with van der Waals surface area (Å²) in [5.74, 6) is 0. The van der Waals surface area contributed by atoms with Crippen LogP contribution in [0.25, 0.3) is 10.9 Å². The van der Waals surface area contributed by atoms with E-state index in [1.807, 2.05) is 31.4 Å². The van der Waals surface area contributed by atoms with E-state index in [2.05, 4.69) is 10.3 Å². The van der Waals surface area contributed by atoms with Crippen LogP contribution in [0.15, 0.2) is 24.4 Å². The van der Waals surface area contributed by atoms with E-state index in [9.17, 15) is 0 Å². The normalized spacial score (nSPS) is 10.4. The number of nitrogens with two attached hydrogens (primary N) is 1. The molecule has 0 unspecified atom stereocenters. The molecular weight excluding hydrogens is 150 g/mol. The first-order valence-electron chi connectivity index (χ1n) is 3.85. The number of H-pyrrole nitrogens is 1. The molecule has 2 rings (SSSR count). The van der Waals surface area contributed by atoms with Gasteiger partial charge in [-0.2, -0.15) is 0 Å². The second kappa shape index (κ2) is 2.44. The number of anilines is 2. The summed E-state index contributed by atoms with van der Waals surface area (Å²) in [5, 5.41) is 4.27. The number of hydrogen-bond acceptors (Lipinski definition) is 2. The number of aromatic nitrogens is 1. The van der Waals surface area contributed by atoms with Gasteiger partial charge in [0, 0.05) is 35.5 Å². The van der Waals surface area contributed by atoms with Crippen molar-refractivity contribution in [2.24, 2.45) is 0 Å². The van der Waals surface area contributed by atoms with Gasteiger partial charge in [-0.15, -0.1) is 0 Å². The summed E-state index contributed by atoms with van der Waals surface area (Å²) in [5.41, 5.74) is 8.60. The predicted octanol–water partition coefficient (Wildman–Crippen LogP) is 1.79. The van der Waals surface area contributed by atoms with Crippen molar-refractivity contribution < 1.29 is 0 Å². The fourth-order valence-electron chi connectivity index (χ4n) is 1.40. The van der Waals surface area contributed by atoms with E-state index in [0.29, 0.717) is 0 Å². The van der Waals surface area contributed by atoms with Crippen molar-refractivity contribution in [2.45, 2.75) is 0 Å². The fourth-order valence-corrected chi connectivity index (χ4v) is 1.40. The zero-order valence-corrected chi connectivity index (χ0v) is 6.89. The molecule has 1 aromatic heterocycles. The highest BCUT2D eigenvalue weighted by atomic mass is 14.8. The van der Waals surface area contributed by atoms with Crippen LogP contribution in [0.3, 0.4) is 0 Å². The van der Waals surface area contributed by atoms with E-state index in [1.165, 1.54) is 5.39 Å². The van der Waals surface area contributed by atoms with E-state index in [-0.39, 0.29) is 0 Å². The van der Waals surface area contributed by atoms with Gasteiger partial charge in [0.2, 0.25) is 0 Å². The lowest BCUT2D eigenvalue weighted by molar-refractivity contribution is 1.47. The number of benzene rings is 1. The second-order valence-electron chi connectivity index (χ2n) is 2.76. The van der Waals surface area contributed by atoms with E-state index in [4.69, 9.17) is 5.73 Å². The average Bonchev–Trinajstić information content (AvgIpc) is 2.50. The molecule has 0 aliphatic heterocycles. The Morgan fingerprint density at radius 1 is 1.42 bits per heavy atom. The summed E-state index contributed by atoms with van der Waals surface area (Å²) >= 11 is 0. The highest BCUT2D eigenvalue weighted by Gasteiger charge is 2.00. The summed E-state index contributed by atoms with van der Waals surface area (Å²) in [7, 11) is 1.89. The molecule has 0 amide bonds. The topological polar surface area (TPSA) is 53.8 Å². The third-order valence-corrected chi connectivity index (χ3v) is 1.96. The van der Waals surface area contributed by atoms with Gasteiger partial charge in [-0.05, 0) is 18.2 Å². The first-order valence-corrected chi connectivity index (χ1v) is 3.85. The Morgan fingerprint density at radius 2 is 2.25 bits per heavy atom.